The molecular weight excluding hydrogens is 1380 g/mol. The van der Waals surface area contributed by atoms with Crippen LogP contribution in [0.4, 0.5) is 0 Å². The molecule has 0 aliphatic heterocycles. The molecule has 0 spiro atoms. The van der Waals surface area contributed by atoms with Crippen molar-refractivity contribution in [3.63, 3.8) is 0 Å². The Morgan fingerprint density at radius 2 is 0.434 bits per heavy atom. The molecule has 0 saturated carbocycles. The van der Waals surface area contributed by atoms with E-state index in [1.54, 1.807) is 0 Å². The van der Waals surface area contributed by atoms with E-state index in [0.29, 0.717) is 25.7 Å². The van der Waals surface area contributed by atoms with Gasteiger partial charge in [0, 0.05) is 25.7 Å². The minimum absolute atomic E-state index is 0.106. The maximum atomic E-state index is 13.2. The molecule has 5 atom stereocenters. The van der Waals surface area contributed by atoms with Gasteiger partial charge in [0.15, 0.2) is 12.2 Å². The number of rotatable bonds is 85. The van der Waals surface area contributed by atoms with Gasteiger partial charge >= 0.3 is 39.5 Å². The van der Waals surface area contributed by atoms with Gasteiger partial charge in [-0.15, -0.1) is 0 Å². The third-order valence-electron chi connectivity index (χ3n) is 20.4. The standard InChI is InChI=1S/C87H170O17P2/c1-8-9-10-11-12-13-30-40-47-54-61-68-84(89)97-74-83(104-87(92)71-64-57-50-43-36-35-39-46-53-60-67-80(6)7)77-102-106(95,96)100-73-81(88)72-99-105(93,94)101-76-82(103-86(91)70-63-56-49-42-34-29-25-21-17-15-19-23-27-32-38-45-52-59-66-79(4)5)75-98-85(90)69-62-55-48-41-33-28-24-20-16-14-18-22-26-31-37-44-51-58-65-78(2)3/h78-83,88H,8-77H2,1-7H3,(H,93,94)(H,95,96)/t81-,82-,83-/m1/s1. The number of esters is 4. The predicted octanol–water partition coefficient (Wildman–Crippen LogP) is 26.5. The lowest BCUT2D eigenvalue weighted by molar-refractivity contribution is -0.161. The molecule has 0 radical (unpaired) electrons. The van der Waals surface area contributed by atoms with Gasteiger partial charge in [0.1, 0.15) is 19.3 Å². The van der Waals surface area contributed by atoms with Gasteiger partial charge < -0.3 is 33.8 Å². The average molecular weight is 1550 g/mol. The van der Waals surface area contributed by atoms with E-state index in [-0.39, 0.29) is 25.7 Å². The summed E-state index contributed by atoms with van der Waals surface area (Å²) >= 11 is 0. The number of carbonyl (C=O) groups excluding carboxylic acids is 4. The highest BCUT2D eigenvalue weighted by molar-refractivity contribution is 7.47. The zero-order valence-electron chi connectivity index (χ0n) is 69.9. The molecule has 630 valence electrons. The summed E-state index contributed by atoms with van der Waals surface area (Å²) in [6, 6.07) is 0. The zero-order chi connectivity index (χ0) is 77.9. The van der Waals surface area contributed by atoms with Gasteiger partial charge in [0.25, 0.3) is 0 Å². The van der Waals surface area contributed by atoms with E-state index in [0.717, 1.165) is 108 Å². The Kier molecular flexibility index (Phi) is 75.6. The fourth-order valence-corrected chi connectivity index (χ4v) is 15.1. The molecule has 0 aromatic rings. The Morgan fingerprint density at radius 3 is 0.642 bits per heavy atom. The number of aliphatic hydroxyl groups is 1. The van der Waals surface area contributed by atoms with Crippen molar-refractivity contribution < 1.29 is 80.2 Å². The predicted molar refractivity (Wildman–Crippen MR) is 437 cm³/mol. The van der Waals surface area contributed by atoms with E-state index >= 15 is 0 Å². The van der Waals surface area contributed by atoms with E-state index in [1.807, 2.05) is 0 Å². The first-order valence-corrected chi connectivity index (χ1v) is 47.8. The van der Waals surface area contributed by atoms with Gasteiger partial charge in [0.2, 0.25) is 0 Å². The van der Waals surface area contributed by atoms with Crippen LogP contribution < -0.4 is 0 Å². The molecule has 0 rings (SSSR count). The fourth-order valence-electron chi connectivity index (χ4n) is 13.5. The van der Waals surface area contributed by atoms with Gasteiger partial charge in [0.05, 0.1) is 26.4 Å². The first kappa shape index (κ1) is 104. The normalized spacial score (nSPS) is 13.9. The lowest BCUT2D eigenvalue weighted by Gasteiger charge is -2.21. The first-order chi connectivity index (χ1) is 51.2. The van der Waals surface area contributed by atoms with Crippen molar-refractivity contribution in [2.45, 2.75) is 478 Å². The summed E-state index contributed by atoms with van der Waals surface area (Å²) in [5.41, 5.74) is 0. The van der Waals surface area contributed by atoms with Crippen LogP contribution >= 0.6 is 15.6 Å². The molecule has 106 heavy (non-hydrogen) atoms. The van der Waals surface area contributed by atoms with E-state index in [9.17, 15) is 43.2 Å². The largest absolute Gasteiger partial charge is 0.472 e. The Hall–Kier alpha value is -1.94. The second-order valence-corrected chi connectivity index (χ2v) is 35.6. The molecule has 17 nitrogen and oxygen atoms in total. The van der Waals surface area contributed by atoms with Crippen molar-refractivity contribution in [1.82, 2.24) is 0 Å². The number of phosphoric ester groups is 2. The molecule has 0 bridgehead atoms. The number of phosphoric acid groups is 2. The number of hydrogen-bond donors (Lipinski definition) is 3. The van der Waals surface area contributed by atoms with Crippen molar-refractivity contribution in [3.8, 4) is 0 Å². The molecule has 0 aliphatic rings. The molecule has 0 aromatic carbocycles. The van der Waals surface area contributed by atoms with Gasteiger partial charge in [-0.1, -0.05) is 408 Å². The maximum Gasteiger partial charge on any atom is 0.472 e. The third kappa shape index (κ3) is 80.1. The van der Waals surface area contributed by atoms with E-state index in [1.165, 1.54) is 270 Å². The topological polar surface area (TPSA) is 237 Å². The van der Waals surface area contributed by atoms with Crippen molar-refractivity contribution in [3.05, 3.63) is 0 Å². The van der Waals surface area contributed by atoms with Crippen LogP contribution in [0.1, 0.15) is 459 Å². The summed E-state index contributed by atoms with van der Waals surface area (Å²) in [7, 11) is -9.93. The Morgan fingerprint density at radius 1 is 0.255 bits per heavy atom. The average Bonchev–Trinajstić information content (AvgIpc) is 0.900. The van der Waals surface area contributed by atoms with Crippen LogP contribution in [0.25, 0.3) is 0 Å². The van der Waals surface area contributed by atoms with Gasteiger partial charge in [-0.2, -0.15) is 0 Å². The molecule has 0 aliphatic carbocycles. The third-order valence-corrected chi connectivity index (χ3v) is 22.3. The summed E-state index contributed by atoms with van der Waals surface area (Å²) in [5, 5.41) is 10.7. The second kappa shape index (κ2) is 77.0. The SMILES string of the molecule is CCCCCCCCCCCCCC(=O)OC[C@H](COP(=O)(O)OC[C@H](O)COP(=O)(O)OC[C@@H](COC(=O)CCCCCCCCCCCCCCCCCCCCC(C)C)OC(=O)CCCCCCCCCCCCCCCCCCCCC(C)C)OC(=O)CCCCCCCCCCCCC(C)C. The summed E-state index contributed by atoms with van der Waals surface area (Å²) in [6.45, 7) is 12.0. The number of unbranched alkanes of at least 4 members (excludes halogenated alkanes) is 53. The highest BCUT2D eigenvalue weighted by Gasteiger charge is 2.30. The fraction of sp³-hybridized carbons (Fsp3) is 0.954. The molecule has 0 fully saturated rings. The number of carbonyl (C=O) groups is 4. The summed E-state index contributed by atoms with van der Waals surface area (Å²) < 4.78 is 68.9. The quantitative estimate of drug-likeness (QED) is 0.0222. The second-order valence-electron chi connectivity index (χ2n) is 32.7. The molecule has 2 unspecified atom stereocenters. The lowest BCUT2D eigenvalue weighted by Crippen LogP contribution is -2.30. The molecule has 0 heterocycles. The van der Waals surface area contributed by atoms with Crippen molar-refractivity contribution in [2.24, 2.45) is 17.8 Å². The Bertz CT molecular complexity index is 2040. The molecule has 19 heteroatoms. The lowest BCUT2D eigenvalue weighted by atomic mass is 10.0. The van der Waals surface area contributed by atoms with Crippen LogP contribution in [0, 0.1) is 17.8 Å². The highest BCUT2D eigenvalue weighted by atomic mass is 31.2. The van der Waals surface area contributed by atoms with Crippen LogP contribution in [-0.4, -0.2) is 96.7 Å². The highest BCUT2D eigenvalue weighted by Crippen LogP contribution is 2.45. The molecule has 0 amide bonds. The summed E-state index contributed by atoms with van der Waals surface area (Å²) in [5.74, 6) is 0.292. The number of hydrogen-bond acceptors (Lipinski definition) is 15. The van der Waals surface area contributed by atoms with Crippen molar-refractivity contribution in [1.29, 1.82) is 0 Å². The zero-order valence-corrected chi connectivity index (χ0v) is 71.7. The number of ether oxygens (including phenoxy) is 4. The minimum atomic E-state index is -4.97. The summed E-state index contributed by atoms with van der Waals surface area (Å²) in [4.78, 5) is 73.2. The first-order valence-electron chi connectivity index (χ1n) is 44.8. The van der Waals surface area contributed by atoms with Gasteiger partial charge in [-0.25, -0.2) is 9.13 Å². The Balaban J connectivity index is 5.22. The van der Waals surface area contributed by atoms with Crippen LogP contribution in [0.15, 0.2) is 0 Å². The van der Waals surface area contributed by atoms with Crippen LogP contribution in [0.5, 0.6) is 0 Å². The minimum Gasteiger partial charge on any atom is -0.462 e. The Labute approximate surface area is 651 Å². The molecular formula is C87H170O17P2. The van der Waals surface area contributed by atoms with Crippen LogP contribution in [0.2, 0.25) is 0 Å². The van der Waals surface area contributed by atoms with Crippen molar-refractivity contribution >= 4 is 39.5 Å². The van der Waals surface area contributed by atoms with Gasteiger partial charge in [-0.3, -0.25) is 37.3 Å². The molecule has 0 aromatic heterocycles. The van der Waals surface area contributed by atoms with E-state index in [2.05, 4.69) is 48.5 Å². The molecule has 0 saturated heterocycles. The van der Waals surface area contributed by atoms with Crippen LogP contribution in [-0.2, 0) is 65.4 Å². The van der Waals surface area contributed by atoms with Crippen LogP contribution in [0.3, 0.4) is 0 Å². The monoisotopic (exact) mass is 1550 g/mol. The maximum absolute atomic E-state index is 13.2. The number of aliphatic hydroxyl groups excluding tert-OH is 1. The van der Waals surface area contributed by atoms with Gasteiger partial charge in [-0.05, 0) is 43.4 Å². The van der Waals surface area contributed by atoms with E-state index < -0.39 is 97.5 Å². The smallest absolute Gasteiger partial charge is 0.462 e. The van der Waals surface area contributed by atoms with E-state index in [4.69, 9.17) is 37.0 Å². The molecule has 3 N–H and O–H groups in total. The summed E-state index contributed by atoms with van der Waals surface area (Å²) in [6.07, 6.45) is 68.1. The van der Waals surface area contributed by atoms with Crippen molar-refractivity contribution in [2.75, 3.05) is 39.6 Å².